The maximum atomic E-state index is 6.12. The summed E-state index contributed by atoms with van der Waals surface area (Å²) in [7, 11) is 0. The molecule has 0 fully saturated rings. The molecule has 21 heavy (non-hydrogen) atoms. The number of nitrogens with two attached hydrogens (primary N) is 1. The Morgan fingerprint density at radius 2 is 1.95 bits per heavy atom. The first kappa shape index (κ1) is 14.5. The van der Waals surface area contributed by atoms with Crippen molar-refractivity contribution < 1.29 is 0 Å². The topological polar surface area (TPSA) is 69.6 Å². The van der Waals surface area contributed by atoms with Crippen LogP contribution in [-0.2, 0) is 0 Å². The van der Waals surface area contributed by atoms with Gasteiger partial charge in [0.2, 0.25) is 0 Å². The van der Waals surface area contributed by atoms with Crippen LogP contribution in [0, 0.1) is 0 Å². The minimum absolute atomic E-state index is 0.581. The van der Waals surface area contributed by atoms with Crippen molar-refractivity contribution in [2.24, 2.45) is 0 Å². The number of tetrazole rings is 1. The van der Waals surface area contributed by atoms with Gasteiger partial charge in [0.15, 0.2) is 5.82 Å². The van der Waals surface area contributed by atoms with Crippen LogP contribution in [0.5, 0.6) is 0 Å². The van der Waals surface area contributed by atoms with Gasteiger partial charge in [0.1, 0.15) is 0 Å². The predicted molar refractivity (Wildman–Crippen MR) is 89.4 cm³/mol. The van der Waals surface area contributed by atoms with Crippen LogP contribution in [0.2, 0.25) is 5.02 Å². The van der Waals surface area contributed by atoms with E-state index in [0.717, 1.165) is 20.2 Å². The fraction of sp³-hybridized carbons (Fsp3) is 0. The molecule has 0 aliphatic rings. The average Bonchev–Trinajstić information content (AvgIpc) is 2.94. The molecule has 0 saturated heterocycles. The van der Waals surface area contributed by atoms with E-state index in [9.17, 15) is 0 Å². The summed E-state index contributed by atoms with van der Waals surface area (Å²) in [5.74, 6) is 0.581. The van der Waals surface area contributed by atoms with Crippen molar-refractivity contribution in [3.63, 3.8) is 0 Å². The Balaban J connectivity index is 2.17. The van der Waals surface area contributed by atoms with Crippen LogP contribution in [0.25, 0.3) is 17.1 Å². The third kappa shape index (κ3) is 2.68. The van der Waals surface area contributed by atoms with Crippen molar-refractivity contribution in [1.29, 1.82) is 0 Å². The highest BCUT2D eigenvalue weighted by atomic mass is 79.9. The number of benzene rings is 2. The number of hydrogen-bond acceptors (Lipinski definition) is 4. The second kappa shape index (κ2) is 5.75. The minimum Gasteiger partial charge on any atom is -0.398 e. The number of nitrogens with zero attached hydrogens (tertiary/aromatic N) is 4. The molecule has 1 heterocycles. The van der Waals surface area contributed by atoms with Gasteiger partial charge in [0, 0.05) is 15.7 Å². The van der Waals surface area contributed by atoms with E-state index in [2.05, 4.69) is 47.4 Å². The quantitative estimate of drug-likeness (QED) is 0.623. The molecule has 0 radical (unpaired) electrons. The number of halogens is 3. The van der Waals surface area contributed by atoms with Crippen molar-refractivity contribution in [3.8, 4) is 17.1 Å². The molecule has 0 aliphatic heterocycles. The van der Waals surface area contributed by atoms with Gasteiger partial charge in [-0.1, -0.05) is 17.7 Å². The Morgan fingerprint density at radius 3 is 2.71 bits per heavy atom. The highest BCUT2D eigenvalue weighted by molar-refractivity contribution is 9.11. The molecule has 0 amide bonds. The molecule has 0 spiro atoms. The molecule has 0 bridgehead atoms. The normalized spacial score (nSPS) is 10.8. The van der Waals surface area contributed by atoms with Crippen LogP contribution in [0.1, 0.15) is 0 Å². The number of hydrogen-bond donors (Lipinski definition) is 1. The zero-order chi connectivity index (χ0) is 15.0. The highest BCUT2D eigenvalue weighted by Crippen LogP contribution is 2.32. The maximum absolute atomic E-state index is 6.12. The molecule has 8 heteroatoms. The summed E-state index contributed by atoms with van der Waals surface area (Å²) < 4.78 is 3.16. The van der Waals surface area contributed by atoms with Gasteiger partial charge in [-0.15, -0.1) is 5.10 Å². The van der Waals surface area contributed by atoms with Gasteiger partial charge in [-0.05, 0) is 72.6 Å². The van der Waals surface area contributed by atoms with E-state index < -0.39 is 0 Å². The van der Waals surface area contributed by atoms with E-state index >= 15 is 0 Å². The average molecular weight is 430 g/mol. The molecule has 1 aromatic heterocycles. The van der Waals surface area contributed by atoms with Crippen molar-refractivity contribution >= 4 is 49.1 Å². The second-order valence-corrected chi connectivity index (χ2v) is 6.28. The first-order valence-corrected chi connectivity index (χ1v) is 7.82. The van der Waals surface area contributed by atoms with Crippen molar-refractivity contribution in [1.82, 2.24) is 20.2 Å². The summed E-state index contributed by atoms with van der Waals surface area (Å²) in [6.45, 7) is 0. The number of aromatic nitrogens is 4. The summed E-state index contributed by atoms with van der Waals surface area (Å²) in [6.07, 6.45) is 0. The molecular formula is C13H8Br2ClN5. The molecule has 0 aliphatic carbocycles. The molecule has 0 unspecified atom stereocenters. The summed E-state index contributed by atoms with van der Waals surface area (Å²) in [5, 5.41) is 12.4. The molecule has 5 nitrogen and oxygen atoms in total. The van der Waals surface area contributed by atoms with Crippen LogP contribution >= 0.6 is 43.5 Å². The lowest BCUT2D eigenvalue weighted by atomic mass is 10.2. The fourth-order valence-corrected chi connectivity index (χ4v) is 2.72. The van der Waals surface area contributed by atoms with Crippen molar-refractivity contribution in [2.45, 2.75) is 0 Å². The van der Waals surface area contributed by atoms with Crippen molar-refractivity contribution in [3.05, 3.63) is 50.4 Å². The summed E-state index contributed by atoms with van der Waals surface area (Å²) in [5.41, 5.74) is 8.10. The molecule has 2 N–H and O–H groups in total. The van der Waals surface area contributed by atoms with E-state index in [1.54, 1.807) is 10.7 Å². The zero-order valence-corrected chi connectivity index (χ0v) is 14.4. The van der Waals surface area contributed by atoms with E-state index in [1.807, 2.05) is 30.3 Å². The van der Waals surface area contributed by atoms with Crippen LogP contribution in [-0.4, -0.2) is 20.2 Å². The van der Waals surface area contributed by atoms with Gasteiger partial charge in [0.05, 0.1) is 15.2 Å². The Hall–Kier alpha value is -1.44. The Morgan fingerprint density at radius 1 is 1.14 bits per heavy atom. The lowest BCUT2D eigenvalue weighted by Crippen LogP contribution is -2.01. The van der Waals surface area contributed by atoms with Crippen LogP contribution in [0.4, 0.5) is 5.69 Å². The zero-order valence-electron chi connectivity index (χ0n) is 10.5. The first-order chi connectivity index (χ1) is 10.1. The van der Waals surface area contributed by atoms with Gasteiger partial charge in [-0.3, -0.25) is 0 Å². The highest BCUT2D eigenvalue weighted by Gasteiger charge is 2.15. The van der Waals surface area contributed by atoms with Crippen LogP contribution in [0.3, 0.4) is 0 Å². The molecule has 0 atom stereocenters. The number of anilines is 1. The maximum Gasteiger partial charge on any atom is 0.187 e. The lowest BCUT2D eigenvalue weighted by Gasteiger charge is -2.08. The summed E-state index contributed by atoms with van der Waals surface area (Å²) in [4.78, 5) is 0. The van der Waals surface area contributed by atoms with Crippen molar-refractivity contribution in [2.75, 3.05) is 5.73 Å². The Kier molecular flexibility index (Phi) is 3.97. The third-order valence-electron chi connectivity index (χ3n) is 2.88. The SMILES string of the molecule is Nc1cc(-c2nnnn2-c2cccc(Cl)c2Br)ccc1Br. The van der Waals surface area contributed by atoms with E-state index in [1.165, 1.54) is 0 Å². The van der Waals surface area contributed by atoms with E-state index in [-0.39, 0.29) is 0 Å². The number of nitrogen functional groups attached to an aromatic ring is 1. The summed E-state index contributed by atoms with van der Waals surface area (Å²) >= 11 is 12.9. The predicted octanol–water partition coefficient (Wildman–Crippen LogP) is 4.09. The molecule has 2 aromatic carbocycles. The van der Waals surface area contributed by atoms with Crippen LogP contribution in [0.15, 0.2) is 45.3 Å². The van der Waals surface area contributed by atoms with E-state index in [4.69, 9.17) is 17.3 Å². The summed E-state index contributed by atoms with van der Waals surface area (Å²) in [6, 6.07) is 11.1. The molecular weight excluding hydrogens is 421 g/mol. The standard InChI is InChI=1S/C13H8Br2ClN5/c14-8-5-4-7(6-10(8)17)13-18-19-20-21(13)11-3-1-2-9(16)12(11)15/h1-6H,17H2. The second-order valence-electron chi connectivity index (χ2n) is 4.22. The first-order valence-electron chi connectivity index (χ1n) is 5.86. The van der Waals surface area contributed by atoms with Crippen LogP contribution < -0.4 is 5.73 Å². The molecule has 3 rings (SSSR count). The number of rotatable bonds is 2. The monoisotopic (exact) mass is 427 g/mol. The molecule has 3 aromatic rings. The fourth-order valence-electron chi connectivity index (χ4n) is 1.87. The molecule has 0 saturated carbocycles. The van der Waals surface area contributed by atoms with Gasteiger partial charge in [0.25, 0.3) is 0 Å². The Labute approximate surface area is 142 Å². The van der Waals surface area contributed by atoms with Gasteiger partial charge in [-0.25, -0.2) is 0 Å². The smallest absolute Gasteiger partial charge is 0.187 e. The Bertz CT molecular complexity index is 818. The van der Waals surface area contributed by atoms with Gasteiger partial charge >= 0.3 is 0 Å². The third-order valence-corrected chi connectivity index (χ3v) is 4.98. The largest absolute Gasteiger partial charge is 0.398 e. The lowest BCUT2D eigenvalue weighted by molar-refractivity contribution is 0.789. The van der Waals surface area contributed by atoms with Gasteiger partial charge < -0.3 is 5.73 Å². The molecule has 106 valence electrons. The van der Waals surface area contributed by atoms with Gasteiger partial charge in [-0.2, -0.15) is 4.68 Å². The van der Waals surface area contributed by atoms with E-state index in [0.29, 0.717) is 16.5 Å². The minimum atomic E-state index is 0.581.